The van der Waals surface area contributed by atoms with Crippen LogP contribution in [0.15, 0.2) is 58.5 Å². The highest BCUT2D eigenvalue weighted by Crippen LogP contribution is 2.43. The van der Waals surface area contributed by atoms with Gasteiger partial charge in [0.1, 0.15) is 10.6 Å². The van der Waals surface area contributed by atoms with Gasteiger partial charge in [-0.1, -0.05) is 68.9 Å². The second-order valence-electron chi connectivity index (χ2n) is 12.1. The van der Waals surface area contributed by atoms with E-state index in [0.29, 0.717) is 23.4 Å². The van der Waals surface area contributed by atoms with Crippen LogP contribution in [0.5, 0.6) is 5.75 Å². The molecule has 2 heterocycles. The summed E-state index contributed by atoms with van der Waals surface area (Å²) < 4.78 is 7.23. The number of thioether (sulfide) groups is 1. The first-order valence-electron chi connectivity index (χ1n) is 14.2. The first-order chi connectivity index (χ1) is 19.5. The molecular weight excluding hydrogens is 551 g/mol. The number of aromatic nitrogens is 2. The summed E-state index contributed by atoms with van der Waals surface area (Å²) in [6, 6.07) is 15.7. The molecule has 1 aliphatic carbocycles. The van der Waals surface area contributed by atoms with Crippen LogP contribution in [0.4, 0.5) is 0 Å². The minimum absolute atomic E-state index is 0.0133. The maximum Gasteiger partial charge on any atom is 0.267 e. The largest absolute Gasteiger partial charge is 0.497 e. The van der Waals surface area contributed by atoms with E-state index in [1.165, 1.54) is 16.6 Å². The molecule has 4 aromatic rings. The van der Waals surface area contributed by atoms with Crippen molar-refractivity contribution in [1.82, 2.24) is 14.5 Å². The molecule has 1 amide bonds. The zero-order valence-corrected chi connectivity index (χ0v) is 26.6. The van der Waals surface area contributed by atoms with Crippen molar-refractivity contribution in [3.8, 4) is 11.4 Å². The van der Waals surface area contributed by atoms with Gasteiger partial charge in [-0.15, -0.1) is 11.3 Å². The fourth-order valence-electron chi connectivity index (χ4n) is 5.65. The zero-order valence-electron chi connectivity index (χ0n) is 25.0. The molecule has 2 aromatic carbocycles. The van der Waals surface area contributed by atoms with Crippen LogP contribution in [0, 0.1) is 18.3 Å². The third kappa shape index (κ3) is 5.95. The number of ether oxygens (including phenoxy) is 1. The van der Waals surface area contributed by atoms with Gasteiger partial charge in [-0.3, -0.25) is 14.2 Å². The Hall–Kier alpha value is -3.10. The number of hydrogen-bond donors (Lipinski definition) is 0. The molecule has 216 valence electrons. The molecule has 0 N–H and O–H groups in total. The van der Waals surface area contributed by atoms with Crippen LogP contribution >= 0.6 is 23.1 Å². The van der Waals surface area contributed by atoms with Crippen molar-refractivity contribution in [1.29, 1.82) is 0 Å². The molecule has 2 unspecified atom stereocenters. The van der Waals surface area contributed by atoms with Gasteiger partial charge < -0.3 is 9.64 Å². The smallest absolute Gasteiger partial charge is 0.267 e. The topological polar surface area (TPSA) is 64.4 Å². The summed E-state index contributed by atoms with van der Waals surface area (Å²) >= 11 is 2.99. The number of hydrogen-bond acceptors (Lipinski definition) is 6. The van der Waals surface area contributed by atoms with Crippen LogP contribution in [0.3, 0.4) is 0 Å². The van der Waals surface area contributed by atoms with Crippen LogP contribution < -0.4 is 10.3 Å². The number of methoxy groups -OCH3 is 1. The van der Waals surface area contributed by atoms with Crippen LogP contribution in [0.2, 0.25) is 0 Å². The van der Waals surface area contributed by atoms with Crippen molar-refractivity contribution in [3.05, 3.63) is 80.5 Å². The minimum atomic E-state index is -0.440. The summed E-state index contributed by atoms with van der Waals surface area (Å²) in [6.45, 7) is 11.3. The lowest BCUT2D eigenvalue weighted by molar-refractivity contribution is -0.129. The van der Waals surface area contributed by atoms with Crippen molar-refractivity contribution >= 4 is 39.2 Å². The van der Waals surface area contributed by atoms with Gasteiger partial charge in [0.05, 0.1) is 23.4 Å². The summed E-state index contributed by atoms with van der Waals surface area (Å²) in [4.78, 5) is 36.8. The van der Waals surface area contributed by atoms with Gasteiger partial charge in [-0.2, -0.15) is 0 Å². The lowest BCUT2D eigenvalue weighted by Crippen LogP contribution is -2.33. The summed E-state index contributed by atoms with van der Waals surface area (Å²) in [5.41, 5.74) is 4.03. The fraction of sp³-hybridized carbons (Fsp3) is 0.424. The van der Waals surface area contributed by atoms with Gasteiger partial charge in [0, 0.05) is 24.5 Å². The summed E-state index contributed by atoms with van der Waals surface area (Å²) in [6.07, 6.45) is 2.92. The average Bonchev–Trinajstić information content (AvgIpc) is 3.31. The number of nitrogens with zero attached hydrogens (tertiary/aromatic N) is 3. The number of rotatable bonds is 7. The van der Waals surface area contributed by atoms with Crippen LogP contribution in [-0.4, -0.2) is 39.8 Å². The second kappa shape index (κ2) is 11.6. The van der Waals surface area contributed by atoms with Gasteiger partial charge >= 0.3 is 0 Å². The monoisotopic (exact) mass is 589 g/mol. The van der Waals surface area contributed by atoms with Gasteiger partial charge in [-0.25, -0.2) is 4.98 Å². The number of amides is 1. The summed E-state index contributed by atoms with van der Waals surface area (Å²) in [7, 11) is 3.44. The zero-order chi connectivity index (χ0) is 29.5. The van der Waals surface area contributed by atoms with Crippen molar-refractivity contribution in [2.75, 3.05) is 14.2 Å². The van der Waals surface area contributed by atoms with Crippen molar-refractivity contribution in [3.63, 3.8) is 0 Å². The maximum atomic E-state index is 14.4. The minimum Gasteiger partial charge on any atom is -0.497 e. The summed E-state index contributed by atoms with van der Waals surface area (Å²) in [5, 5.41) is 0.813. The fourth-order valence-corrected chi connectivity index (χ4v) is 8.02. The van der Waals surface area contributed by atoms with Crippen molar-refractivity contribution < 1.29 is 9.53 Å². The normalized spacial score (nSPS) is 15.9. The number of aryl methyl sites for hydroxylation is 2. The number of benzene rings is 2. The standard InChI is InChI=1S/C33H39N3O3S2/c1-20-13-15-24(39-7)18-26(20)36-31(38)28-25-16-14-23(33(3,4)5)17-27(25)41-29(28)34-32(36)40-21(2)30(37)35(6)19-22-11-9-8-10-12-22/h8-13,15,18,21,23H,14,16-17,19H2,1-7H3. The third-order valence-corrected chi connectivity index (χ3v) is 10.4. The highest BCUT2D eigenvalue weighted by Gasteiger charge is 2.33. The molecular formula is C33H39N3O3S2. The molecule has 8 heteroatoms. The van der Waals surface area contributed by atoms with E-state index in [9.17, 15) is 9.59 Å². The quantitative estimate of drug-likeness (QED) is 0.171. The number of carbonyl (C=O) groups is 1. The highest BCUT2D eigenvalue weighted by molar-refractivity contribution is 8.00. The Morgan fingerprint density at radius 3 is 2.63 bits per heavy atom. The first kappa shape index (κ1) is 29.4. The lowest BCUT2D eigenvalue weighted by atomic mass is 9.72. The van der Waals surface area contributed by atoms with E-state index >= 15 is 0 Å². The Balaban J connectivity index is 1.58. The van der Waals surface area contributed by atoms with Crippen molar-refractivity contribution in [2.45, 2.75) is 70.8 Å². The SMILES string of the molecule is COc1ccc(C)c(-n2c(SC(C)C(=O)N(C)Cc3ccccc3)nc3sc4c(c3c2=O)CCC(C(C)(C)C)C4)c1. The number of carbonyl (C=O) groups excluding carboxylic acids is 1. The molecule has 0 saturated carbocycles. The van der Waals surface area contributed by atoms with E-state index in [1.807, 2.05) is 69.4 Å². The van der Waals surface area contributed by atoms with E-state index in [4.69, 9.17) is 9.72 Å². The molecule has 5 rings (SSSR count). The third-order valence-electron chi connectivity index (χ3n) is 8.20. The van der Waals surface area contributed by atoms with Crippen LogP contribution in [0.1, 0.15) is 55.7 Å². The van der Waals surface area contributed by atoms with Gasteiger partial charge in [0.15, 0.2) is 5.16 Å². The molecule has 2 aromatic heterocycles. The molecule has 6 nitrogen and oxygen atoms in total. The van der Waals surface area contributed by atoms with Crippen LogP contribution in [0.25, 0.3) is 15.9 Å². The molecule has 0 spiro atoms. The molecule has 1 aliphatic rings. The molecule has 2 atom stereocenters. The highest BCUT2D eigenvalue weighted by atomic mass is 32.2. The van der Waals surface area contributed by atoms with E-state index in [0.717, 1.165) is 51.9 Å². The Morgan fingerprint density at radius 1 is 1.22 bits per heavy atom. The van der Waals surface area contributed by atoms with E-state index in [2.05, 4.69) is 20.8 Å². The van der Waals surface area contributed by atoms with Gasteiger partial charge in [-0.05, 0) is 67.2 Å². The van der Waals surface area contributed by atoms with Gasteiger partial charge in [0.25, 0.3) is 5.56 Å². The Morgan fingerprint density at radius 2 is 1.95 bits per heavy atom. The van der Waals surface area contributed by atoms with E-state index < -0.39 is 5.25 Å². The number of fused-ring (bicyclic) bond motifs is 3. The molecule has 0 fully saturated rings. The predicted octanol–water partition coefficient (Wildman–Crippen LogP) is 7.05. The average molecular weight is 590 g/mol. The predicted molar refractivity (Wildman–Crippen MR) is 170 cm³/mol. The molecule has 0 saturated heterocycles. The molecule has 0 bridgehead atoms. The molecule has 0 aliphatic heterocycles. The van der Waals surface area contributed by atoms with Crippen LogP contribution in [-0.2, 0) is 24.2 Å². The molecule has 0 radical (unpaired) electrons. The lowest BCUT2D eigenvalue weighted by Gasteiger charge is -2.33. The first-order valence-corrected chi connectivity index (χ1v) is 15.9. The summed E-state index contributed by atoms with van der Waals surface area (Å²) in [5.74, 6) is 1.22. The Bertz CT molecular complexity index is 1640. The van der Waals surface area contributed by atoms with Gasteiger partial charge in [0.2, 0.25) is 5.91 Å². The number of thiophene rings is 1. The Labute approximate surface area is 250 Å². The van der Waals surface area contributed by atoms with Crippen molar-refractivity contribution in [2.24, 2.45) is 11.3 Å². The Kier molecular flexibility index (Phi) is 8.35. The maximum absolute atomic E-state index is 14.4. The second-order valence-corrected chi connectivity index (χ2v) is 14.5. The van der Waals surface area contributed by atoms with E-state index in [-0.39, 0.29) is 16.9 Å². The van der Waals surface area contributed by atoms with E-state index in [1.54, 1.807) is 27.9 Å². The molecule has 41 heavy (non-hydrogen) atoms.